The zero-order chi connectivity index (χ0) is 13.9. The average Bonchev–Trinajstić information content (AvgIpc) is 2.40. The molecule has 100 valence electrons. The third-order valence-electron chi connectivity index (χ3n) is 3.71. The number of hydrogen-bond donors (Lipinski definition) is 1. The summed E-state index contributed by atoms with van der Waals surface area (Å²) < 4.78 is 0. The van der Waals surface area contributed by atoms with Gasteiger partial charge in [-0.1, -0.05) is 63.6 Å². The monoisotopic (exact) mass is 254 g/mol. The number of aromatic hydroxyl groups is 1. The number of hydrogen-bond acceptors (Lipinski definition) is 1. The van der Waals surface area contributed by atoms with Gasteiger partial charge >= 0.3 is 0 Å². The Morgan fingerprint density at radius 3 is 2.26 bits per heavy atom. The van der Waals surface area contributed by atoms with E-state index >= 15 is 0 Å². The first-order valence-corrected chi connectivity index (χ1v) is 6.93. The maximum absolute atomic E-state index is 10.1. The third-order valence-corrected chi connectivity index (χ3v) is 3.71. The molecule has 0 aromatic heterocycles. The first-order chi connectivity index (χ1) is 9.04. The van der Waals surface area contributed by atoms with E-state index in [0.717, 1.165) is 24.0 Å². The van der Waals surface area contributed by atoms with Crippen LogP contribution in [0.1, 0.15) is 39.2 Å². The predicted molar refractivity (Wildman–Crippen MR) is 81.5 cm³/mol. The molecular weight excluding hydrogens is 232 g/mol. The summed E-state index contributed by atoms with van der Waals surface area (Å²) in [6.45, 7) is 6.57. The predicted octanol–water partition coefficient (Wildman–Crippen LogP) is 5.14. The largest absolute Gasteiger partial charge is 0.508 e. The topological polar surface area (TPSA) is 20.2 Å². The zero-order valence-corrected chi connectivity index (χ0v) is 12.0. The molecule has 0 heterocycles. The van der Waals surface area contributed by atoms with Crippen molar-refractivity contribution in [3.63, 3.8) is 0 Å². The molecule has 0 saturated heterocycles. The van der Waals surface area contributed by atoms with Gasteiger partial charge in [-0.25, -0.2) is 0 Å². The first-order valence-electron chi connectivity index (χ1n) is 6.93. The fraction of sp³-hybridized carbons (Fsp3) is 0.333. The van der Waals surface area contributed by atoms with Gasteiger partial charge in [0.1, 0.15) is 5.75 Å². The molecule has 19 heavy (non-hydrogen) atoms. The summed E-state index contributed by atoms with van der Waals surface area (Å²) in [6.07, 6.45) is 2.18. The quantitative estimate of drug-likeness (QED) is 0.801. The van der Waals surface area contributed by atoms with Crippen LogP contribution in [0.5, 0.6) is 5.75 Å². The minimum atomic E-state index is 0.00359. The Balaban J connectivity index is 2.46. The smallest absolute Gasteiger partial charge is 0.119 e. The first kappa shape index (κ1) is 13.7. The van der Waals surface area contributed by atoms with Gasteiger partial charge in [0.2, 0.25) is 0 Å². The Morgan fingerprint density at radius 1 is 0.947 bits per heavy atom. The second-order valence-corrected chi connectivity index (χ2v) is 5.73. The van der Waals surface area contributed by atoms with Gasteiger partial charge in [0, 0.05) is 5.56 Å². The lowest BCUT2D eigenvalue weighted by Crippen LogP contribution is -2.16. The molecule has 2 rings (SSSR count). The molecule has 2 aromatic rings. The summed E-state index contributed by atoms with van der Waals surface area (Å²) in [5.74, 6) is 0.401. The van der Waals surface area contributed by atoms with Gasteiger partial charge in [-0.3, -0.25) is 0 Å². The van der Waals surface area contributed by atoms with Crippen molar-refractivity contribution in [1.82, 2.24) is 0 Å². The summed E-state index contributed by atoms with van der Waals surface area (Å²) in [7, 11) is 0. The molecule has 0 amide bonds. The summed E-state index contributed by atoms with van der Waals surface area (Å²) >= 11 is 0. The van der Waals surface area contributed by atoms with Crippen LogP contribution in [0.2, 0.25) is 0 Å². The molecule has 2 aromatic carbocycles. The van der Waals surface area contributed by atoms with Crippen LogP contribution in [0.4, 0.5) is 0 Å². The van der Waals surface area contributed by atoms with Crippen LogP contribution in [0.25, 0.3) is 11.1 Å². The number of phenolic OH excluding ortho intramolecular Hbond substituents is 1. The van der Waals surface area contributed by atoms with E-state index in [9.17, 15) is 5.11 Å². The van der Waals surface area contributed by atoms with E-state index in [1.54, 1.807) is 0 Å². The molecule has 0 bridgehead atoms. The van der Waals surface area contributed by atoms with E-state index in [2.05, 4.69) is 39.0 Å². The Morgan fingerprint density at radius 2 is 1.63 bits per heavy atom. The van der Waals surface area contributed by atoms with Crippen LogP contribution in [0, 0.1) is 0 Å². The van der Waals surface area contributed by atoms with E-state index in [1.165, 1.54) is 5.56 Å². The molecular formula is C18H22O. The molecule has 1 heteroatoms. The molecule has 0 unspecified atom stereocenters. The molecule has 0 aliphatic rings. The summed E-state index contributed by atoms with van der Waals surface area (Å²) in [6, 6.07) is 16.2. The average molecular weight is 254 g/mol. The van der Waals surface area contributed by atoms with Crippen molar-refractivity contribution in [2.45, 2.75) is 39.0 Å². The second kappa shape index (κ2) is 5.48. The SMILES string of the molecule is CCCC(C)(C)c1cc(-c2ccccc2)ccc1O. The van der Waals surface area contributed by atoms with E-state index < -0.39 is 0 Å². The minimum absolute atomic E-state index is 0.00359. The molecule has 0 fully saturated rings. The van der Waals surface area contributed by atoms with Gasteiger partial charge in [0.25, 0.3) is 0 Å². The second-order valence-electron chi connectivity index (χ2n) is 5.73. The fourth-order valence-corrected chi connectivity index (χ4v) is 2.65. The van der Waals surface area contributed by atoms with Gasteiger partial charge in [-0.15, -0.1) is 0 Å². The Labute approximate surface area is 115 Å². The molecule has 0 atom stereocenters. The molecule has 0 spiro atoms. The zero-order valence-electron chi connectivity index (χ0n) is 12.0. The van der Waals surface area contributed by atoms with E-state index in [1.807, 2.05) is 30.3 Å². The fourth-order valence-electron chi connectivity index (χ4n) is 2.65. The highest BCUT2D eigenvalue weighted by atomic mass is 16.3. The van der Waals surface area contributed by atoms with Crippen LogP contribution in [0.3, 0.4) is 0 Å². The van der Waals surface area contributed by atoms with Crippen molar-refractivity contribution in [2.24, 2.45) is 0 Å². The Bertz CT molecular complexity index is 541. The molecule has 1 N–H and O–H groups in total. The highest BCUT2D eigenvalue weighted by molar-refractivity contribution is 5.66. The van der Waals surface area contributed by atoms with Gasteiger partial charge in [0.05, 0.1) is 0 Å². The summed E-state index contributed by atoms with van der Waals surface area (Å²) in [5.41, 5.74) is 3.40. The van der Waals surface area contributed by atoms with E-state index in [-0.39, 0.29) is 5.41 Å². The molecule has 0 saturated carbocycles. The Hall–Kier alpha value is -1.76. The maximum atomic E-state index is 10.1. The Kier molecular flexibility index (Phi) is 3.94. The van der Waals surface area contributed by atoms with Gasteiger partial charge in [-0.05, 0) is 35.1 Å². The molecule has 0 aliphatic carbocycles. The number of rotatable bonds is 4. The van der Waals surface area contributed by atoms with Crippen LogP contribution < -0.4 is 0 Å². The van der Waals surface area contributed by atoms with Crippen molar-refractivity contribution in [3.8, 4) is 16.9 Å². The van der Waals surface area contributed by atoms with E-state index in [4.69, 9.17) is 0 Å². The van der Waals surface area contributed by atoms with Crippen molar-refractivity contribution >= 4 is 0 Å². The number of benzene rings is 2. The van der Waals surface area contributed by atoms with Gasteiger partial charge in [-0.2, -0.15) is 0 Å². The summed E-state index contributed by atoms with van der Waals surface area (Å²) in [4.78, 5) is 0. The van der Waals surface area contributed by atoms with Gasteiger partial charge in [0.15, 0.2) is 0 Å². The third kappa shape index (κ3) is 2.98. The standard InChI is InChI=1S/C18H22O/c1-4-12-18(2,3)16-13-15(10-11-17(16)19)14-8-6-5-7-9-14/h5-11,13,19H,4,12H2,1-3H3. The van der Waals surface area contributed by atoms with Crippen molar-refractivity contribution in [1.29, 1.82) is 0 Å². The normalized spacial score (nSPS) is 11.5. The van der Waals surface area contributed by atoms with Crippen LogP contribution >= 0.6 is 0 Å². The van der Waals surface area contributed by atoms with E-state index in [0.29, 0.717) is 5.75 Å². The molecule has 1 nitrogen and oxygen atoms in total. The molecule has 0 radical (unpaired) electrons. The minimum Gasteiger partial charge on any atom is -0.508 e. The van der Waals surface area contributed by atoms with Gasteiger partial charge < -0.3 is 5.11 Å². The maximum Gasteiger partial charge on any atom is 0.119 e. The lowest BCUT2D eigenvalue weighted by Gasteiger charge is -2.26. The van der Waals surface area contributed by atoms with Crippen LogP contribution in [0.15, 0.2) is 48.5 Å². The lowest BCUT2D eigenvalue weighted by atomic mass is 9.79. The van der Waals surface area contributed by atoms with Crippen molar-refractivity contribution < 1.29 is 5.11 Å². The van der Waals surface area contributed by atoms with Crippen molar-refractivity contribution in [2.75, 3.05) is 0 Å². The molecule has 0 aliphatic heterocycles. The highest BCUT2D eigenvalue weighted by Gasteiger charge is 2.23. The van der Waals surface area contributed by atoms with Crippen molar-refractivity contribution in [3.05, 3.63) is 54.1 Å². The lowest BCUT2D eigenvalue weighted by molar-refractivity contribution is 0.417. The van der Waals surface area contributed by atoms with Crippen LogP contribution in [-0.4, -0.2) is 5.11 Å². The van der Waals surface area contributed by atoms with Crippen LogP contribution in [-0.2, 0) is 5.41 Å². The highest BCUT2D eigenvalue weighted by Crippen LogP contribution is 2.37. The number of phenols is 1. The summed E-state index contributed by atoms with van der Waals surface area (Å²) in [5, 5.41) is 10.1.